The molecule has 0 aliphatic heterocycles. The van der Waals surface area contributed by atoms with Gasteiger partial charge in [-0.2, -0.15) is 0 Å². The van der Waals surface area contributed by atoms with Crippen molar-refractivity contribution in [2.45, 2.75) is 19.3 Å². The number of hydrogen-bond acceptors (Lipinski definition) is 0. The Morgan fingerprint density at radius 1 is 0.455 bits per heavy atom. The normalized spacial score (nSPS) is 14.5. The van der Waals surface area contributed by atoms with Gasteiger partial charge in [-0.15, -0.1) is 0 Å². The molecule has 0 fully saturated rings. The first-order valence-electron chi connectivity index (χ1n) is 11.9. The fourth-order valence-corrected chi connectivity index (χ4v) is 5.82. The van der Waals surface area contributed by atoms with Crippen LogP contribution in [0.2, 0.25) is 0 Å². The second-order valence-corrected chi connectivity index (χ2v) is 9.22. The Morgan fingerprint density at radius 3 is 1.79 bits per heavy atom. The molecule has 0 atom stereocenters. The molecule has 156 valence electrons. The van der Waals surface area contributed by atoms with Gasteiger partial charge in [-0.1, -0.05) is 103 Å². The van der Waals surface area contributed by atoms with Gasteiger partial charge in [-0.25, -0.2) is 0 Å². The Balaban J connectivity index is 0.000000115. The standard InChI is InChI=1S/C17H12.C16H12/c1-2-9-15-13(5-1)11-14-8-3-6-12-7-4-10-16(15)17(12)14;1-3-11-7-9-13-5-2-6-14-10-8-12(4-1)15(11)16(13)14/h1-6,8-11H,7H2;1-3,5,7-10H,4,6H2. The molecule has 0 saturated heterocycles. The Bertz CT molecular complexity index is 1620. The van der Waals surface area contributed by atoms with E-state index in [0.29, 0.717) is 0 Å². The van der Waals surface area contributed by atoms with Gasteiger partial charge >= 0.3 is 0 Å². The van der Waals surface area contributed by atoms with E-state index >= 15 is 0 Å². The molecule has 5 aromatic carbocycles. The van der Waals surface area contributed by atoms with Crippen LogP contribution in [0, 0.1) is 0 Å². The summed E-state index contributed by atoms with van der Waals surface area (Å²) in [5.41, 5.74) is 8.57. The minimum Gasteiger partial charge on any atom is -0.0795 e. The van der Waals surface area contributed by atoms with E-state index < -0.39 is 0 Å². The van der Waals surface area contributed by atoms with Crippen molar-refractivity contribution in [3.05, 3.63) is 124 Å². The van der Waals surface area contributed by atoms with Crippen molar-refractivity contribution in [1.29, 1.82) is 0 Å². The van der Waals surface area contributed by atoms with Crippen LogP contribution in [0.4, 0.5) is 0 Å². The maximum Gasteiger partial charge on any atom is -0.00674 e. The van der Waals surface area contributed by atoms with Crippen molar-refractivity contribution in [3.63, 3.8) is 0 Å². The van der Waals surface area contributed by atoms with Crippen LogP contribution in [-0.4, -0.2) is 0 Å². The molecule has 8 rings (SSSR count). The summed E-state index contributed by atoms with van der Waals surface area (Å²) in [5.74, 6) is 0. The second-order valence-electron chi connectivity index (χ2n) is 9.22. The van der Waals surface area contributed by atoms with Gasteiger partial charge in [0.25, 0.3) is 0 Å². The van der Waals surface area contributed by atoms with Crippen molar-refractivity contribution >= 4 is 50.5 Å². The molecule has 5 aromatic rings. The highest BCUT2D eigenvalue weighted by atomic mass is 14.2. The molecule has 0 aromatic heterocycles. The zero-order chi connectivity index (χ0) is 21.8. The van der Waals surface area contributed by atoms with E-state index in [1.54, 1.807) is 0 Å². The molecule has 0 unspecified atom stereocenters. The molecule has 33 heavy (non-hydrogen) atoms. The van der Waals surface area contributed by atoms with Crippen LogP contribution in [0.25, 0.3) is 50.5 Å². The van der Waals surface area contributed by atoms with Crippen LogP contribution in [0.3, 0.4) is 0 Å². The molecule has 0 heteroatoms. The second kappa shape index (κ2) is 7.32. The zero-order valence-electron chi connectivity index (χ0n) is 18.5. The smallest absolute Gasteiger partial charge is 0.00674 e. The minimum absolute atomic E-state index is 1.06. The number of fused-ring (bicyclic) bond motifs is 2. The van der Waals surface area contributed by atoms with E-state index in [1.165, 1.54) is 65.7 Å². The molecule has 0 saturated carbocycles. The molecular formula is C33H24. The van der Waals surface area contributed by atoms with Crippen LogP contribution in [0.5, 0.6) is 0 Å². The third-order valence-corrected chi connectivity index (χ3v) is 7.30. The van der Waals surface area contributed by atoms with Crippen molar-refractivity contribution in [2.24, 2.45) is 0 Å². The molecule has 0 nitrogen and oxygen atoms in total. The number of benzene rings is 5. The Labute approximate surface area is 194 Å². The summed E-state index contributed by atoms with van der Waals surface area (Å²) >= 11 is 0. The third kappa shape index (κ3) is 2.91. The number of rotatable bonds is 0. The molecular weight excluding hydrogens is 396 g/mol. The predicted octanol–water partition coefficient (Wildman–Crippen LogP) is 8.54. The summed E-state index contributed by atoms with van der Waals surface area (Å²) in [5, 5.41) is 8.47. The lowest BCUT2D eigenvalue weighted by molar-refractivity contribution is 1.24. The van der Waals surface area contributed by atoms with Gasteiger partial charge in [0.2, 0.25) is 0 Å². The van der Waals surface area contributed by atoms with E-state index in [4.69, 9.17) is 0 Å². The highest BCUT2D eigenvalue weighted by Gasteiger charge is 2.15. The lowest BCUT2D eigenvalue weighted by atomic mass is 9.85. The summed E-state index contributed by atoms with van der Waals surface area (Å²) in [7, 11) is 0. The molecule has 0 radical (unpaired) electrons. The predicted molar refractivity (Wildman–Crippen MR) is 144 cm³/mol. The molecule has 0 heterocycles. The average molecular weight is 421 g/mol. The Morgan fingerprint density at radius 2 is 1.06 bits per heavy atom. The SMILES string of the molecule is C1=Cc2c3ccccc3cc3cccc(c23)C1.C1=Cc2ccc3c4c(ccc(c24)C1)CC=C3. The van der Waals surface area contributed by atoms with E-state index in [1.807, 2.05) is 0 Å². The first-order valence-corrected chi connectivity index (χ1v) is 11.9. The van der Waals surface area contributed by atoms with Crippen LogP contribution >= 0.6 is 0 Å². The average Bonchev–Trinajstić information content (AvgIpc) is 2.88. The molecule has 0 bridgehead atoms. The molecule has 3 aliphatic rings. The minimum atomic E-state index is 1.06. The van der Waals surface area contributed by atoms with Gasteiger partial charge in [0, 0.05) is 0 Å². The lowest BCUT2D eigenvalue weighted by Gasteiger charge is -2.19. The van der Waals surface area contributed by atoms with E-state index in [9.17, 15) is 0 Å². The van der Waals surface area contributed by atoms with Gasteiger partial charge in [0.05, 0.1) is 0 Å². The maximum atomic E-state index is 2.30. The van der Waals surface area contributed by atoms with E-state index in [-0.39, 0.29) is 0 Å². The maximum absolute atomic E-state index is 2.30. The van der Waals surface area contributed by atoms with Crippen LogP contribution < -0.4 is 0 Å². The fourth-order valence-electron chi connectivity index (χ4n) is 5.82. The third-order valence-electron chi connectivity index (χ3n) is 7.30. The monoisotopic (exact) mass is 420 g/mol. The van der Waals surface area contributed by atoms with Gasteiger partial charge in [0.1, 0.15) is 0 Å². The summed E-state index contributed by atoms with van der Waals surface area (Å²) in [4.78, 5) is 0. The van der Waals surface area contributed by atoms with Gasteiger partial charge < -0.3 is 0 Å². The van der Waals surface area contributed by atoms with Gasteiger partial charge in [-0.3, -0.25) is 0 Å². The Kier molecular flexibility index (Phi) is 4.14. The van der Waals surface area contributed by atoms with Crippen LogP contribution in [0.1, 0.15) is 33.4 Å². The fraction of sp³-hybridized carbons (Fsp3) is 0.0909. The highest BCUT2D eigenvalue weighted by molar-refractivity contribution is 6.09. The molecule has 0 spiro atoms. The lowest BCUT2D eigenvalue weighted by Crippen LogP contribution is -1.99. The van der Waals surface area contributed by atoms with E-state index in [0.717, 1.165) is 19.3 Å². The van der Waals surface area contributed by atoms with Crippen LogP contribution in [-0.2, 0) is 19.3 Å². The van der Waals surface area contributed by atoms with Crippen molar-refractivity contribution in [3.8, 4) is 0 Å². The summed E-state index contributed by atoms with van der Waals surface area (Å²) in [6.07, 6.45) is 16.8. The highest BCUT2D eigenvalue weighted by Crippen LogP contribution is 2.36. The zero-order valence-corrected chi connectivity index (χ0v) is 18.5. The topological polar surface area (TPSA) is 0 Å². The van der Waals surface area contributed by atoms with Crippen molar-refractivity contribution in [2.75, 3.05) is 0 Å². The Hall–Kier alpha value is -3.90. The first kappa shape index (κ1) is 18.7. The van der Waals surface area contributed by atoms with Crippen molar-refractivity contribution in [1.82, 2.24) is 0 Å². The first-order chi connectivity index (χ1) is 16.4. The summed E-state index contributed by atoms with van der Waals surface area (Å²) in [6.45, 7) is 0. The van der Waals surface area contributed by atoms with Crippen molar-refractivity contribution < 1.29 is 0 Å². The number of hydrogen-bond donors (Lipinski definition) is 0. The number of allylic oxidation sites excluding steroid dienone is 3. The molecule has 0 amide bonds. The van der Waals surface area contributed by atoms with Gasteiger partial charge in [-0.05, 0) is 91.0 Å². The largest absolute Gasteiger partial charge is 0.0795 e. The quantitative estimate of drug-likeness (QED) is 0.220. The van der Waals surface area contributed by atoms with Gasteiger partial charge in [0.15, 0.2) is 0 Å². The molecule has 3 aliphatic carbocycles. The summed E-state index contributed by atoms with van der Waals surface area (Å²) < 4.78 is 0. The molecule has 0 N–H and O–H groups in total. The summed E-state index contributed by atoms with van der Waals surface area (Å²) in [6, 6.07) is 26.7. The van der Waals surface area contributed by atoms with E-state index in [2.05, 4.69) is 109 Å². The van der Waals surface area contributed by atoms with Crippen LogP contribution in [0.15, 0.2) is 91.0 Å².